The molecule has 2 aliphatic heterocycles. The maximum absolute atomic E-state index is 12.8. The van der Waals surface area contributed by atoms with Gasteiger partial charge in [-0.15, -0.1) is 0 Å². The van der Waals surface area contributed by atoms with Gasteiger partial charge in [0.15, 0.2) is 5.17 Å². The summed E-state index contributed by atoms with van der Waals surface area (Å²) in [5.74, 6) is 0.238. The number of fused-ring (bicyclic) bond motifs is 1. The molecule has 1 N–H and O–H groups in total. The van der Waals surface area contributed by atoms with Crippen LogP contribution in [0.2, 0.25) is 0 Å². The Balaban J connectivity index is 1.69. The van der Waals surface area contributed by atoms with Gasteiger partial charge in [0.1, 0.15) is 0 Å². The third-order valence-corrected chi connectivity index (χ3v) is 6.64. The summed E-state index contributed by atoms with van der Waals surface area (Å²) in [6.45, 7) is 6.68. The van der Waals surface area contributed by atoms with E-state index in [9.17, 15) is 9.59 Å². The summed E-state index contributed by atoms with van der Waals surface area (Å²) < 4.78 is 5.11. The zero-order valence-electron chi connectivity index (χ0n) is 17.8. The van der Waals surface area contributed by atoms with Crippen molar-refractivity contribution in [1.29, 1.82) is 0 Å². The van der Waals surface area contributed by atoms with Crippen LogP contribution in [0, 0.1) is 19.8 Å². The van der Waals surface area contributed by atoms with Crippen molar-refractivity contribution >= 4 is 28.8 Å². The monoisotopic (exact) mass is 425 g/mol. The highest BCUT2D eigenvalue weighted by Gasteiger charge is 2.41. The molecule has 0 bridgehead atoms. The van der Waals surface area contributed by atoms with Crippen molar-refractivity contribution < 1.29 is 14.3 Å². The minimum absolute atomic E-state index is 0.000251. The third kappa shape index (κ3) is 4.03. The van der Waals surface area contributed by atoms with Gasteiger partial charge in [-0.2, -0.15) is 0 Å². The maximum atomic E-state index is 12.8. The maximum Gasteiger partial charge on any atom is 0.338 e. The topological polar surface area (TPSA) is 71.0 Å². The number of amides is 1. The largest absolute Gasteiger partial charge is 0.466 e. The molecule has 1 aromatic carbocycles. The number of rotatable bonds is 6. The van der Waals surface area contributed by atoms with Crippen LogP contribution in [0.15, 0.2) is 45.6 Å². The molecule has 1 saturated carbocycles. The molecule has 2 heterocycles. The molecule has 4 rings (SSSR count). The fraction of sp³-hybridized carbons (Fsp3) is 0.435. The minimum atomic E-state index is -0.394. The Kier molecular flexibility index (Phi) is 5.73. The van der Waals surface area contributed by atoms with Gasteiger partial charge in [0.25, 0.3) is 0 Å². The number of amidine groups is 1. The highest BCUT2D eigenvalue weighted by atomic mass is 32.2. The quantitative estimate of drug-likeness (QED) is 0.699. The molecule has 1 aliphatic carbocycles. The van der Waals surface area contributed by atoms with Crippen molar-refractivity contribution in [3.63, 3.8) is 0 Å². The van der Waals surface area contributed by atoms with E-state index >= 15 is 0 Å². The number of allylic oxidation sites excluding steroid dienone is 1. The van der Waals surface area contributed by atoms with Crippen LogP contribution in [0.1, 0.15) is 48.9 Å². The zero-order chi connectivity index (χ0) is 21.4. The van der Waals surface area contributed by atoms with Crippen LogP contribution < -0.4 is 5.32 Å². The van der Waals surface area contributed by atoms with Gasteiger partial charge in [-0.3, -0.25) is 4.79 Å². The standard InChI is InChI=1S/C23H27N3O3S/c1-13-5-8-18(14(2)9-13)21-20(22(28)29-4)15(3)25-23-26(21)17(12-30-23)10-19(27)24-11-16-6-7-16/h5,8-9,12,16,21H,6-7,10-11H2,1-4H3,(H,24,27)/t21-/m1/s1. The average molecular weight is 426 g/mol. The minimum Gasteiger partial charge on any atom is -0.466 e. The first kappa shape index (κ1) is 20.7. The second kappa shape index (κ2) is 8.30. The van der Waals surface area contributed by atoms with E-state index in [1.807, 2.05) is 37.1 Å². The Morgan fingerprint density at radius 3 is 2.70 bits per heavy atom. The normalized spacial score (nSPS) is 20.5. The van der Waals surface area contributed by atoms with Gasteiger partial charge in [0, 0.05) is 12.2 Å². The van der Waals surface area contributed by atoms with Crippen molar-refractivity contribution in [2.75, 3.05) is 13.7 Å². The molecule has 0 unspecified atom stereocenters. The molecule has 1 fully saturated rings. The van der Waals surface area contributed by atoms with Crippen molar-refractivity contribution in [2.24, 2.45) is 10.9 Å². The number of thioether (sulfide) groups is 1. The van der Waals surface area contributed by atoms with Gasteiger partial charge in [-0.25, -0.2) is 9.79 Å². The number of carbonyl (C=O) groups excluding carboxylic acids is 2. The Labute approximate surface area is 181 Å². The molecular formula is C23H27N3O3S. The van der Waals surface area contributed by atoms with Gasteiger partial charge in [-0.1, -0.05) is 35.5 Å². The SMILES string of the molecule is COC(=O)C1=C(C)N=C2SC=C(CC(=O)NCC3CC3)N2[C@@H]1c1ccc(C)cc1C. The zero-order valence-corrected chi connectivity index (χ0v) is 18.6. The number of aliphatic imine (C=N–C) groups is 1. The highest BCUT2D eigenvalue weighted by Crippen LogP contribution is 2.45. The van der Waals surface area contributed by atoms with E-state index in [-0.39, 0.29) is 18.4 Å². The number of aryl methyl sites for hydroxylation is 2. The molecule has 3 aliphatic rings. The van der Waals surface area contributed by atoms with Gasteiger partial charge in [0.05, 0.1) is 30.8 Å². The summed E-state index contributed by atoms with van der Waals surface area (Å²) in [5.41, 5.74) is 5.28. The lowest BCUT2D eigenvalue weighted by molar-refractivity contribution is -0.136. The summed E-state index contributed by atoms with van der Waals surface area (Å²) in [6, 6.07) is 5.85. The fourth-order valence-corrected chi connectivity index (χ4v) is 4.94. The molecule has 0 aromatic heterocycles. The summed E-state index contributed by atoms with van der Waals surface area (Å²) in [7, 11) is 1.39. The average Bonchev–Trinajstić information content (AvgIpc) is 3.46. The molecular weight excluding hydrogens is 398 g/mol. The number of benzene rings is 1. The Bertz CT molecular complexity index is 991. The number of carbonyl (C=O) groups is 2. The van der Waals surface area contributed by atoms with E-state index in [0.29, 0.717) is 17.2 Å². The number of esters is 1. The molecule has 0 radical (unpaired) electrons. The second-order valence-corrected chi connectivity index (χ2v) is 9.01. The summed E-state index contributed by atoms with van der Waals surface area (Å²) >= 11 is 1.49. The summed E-state index contributed by atoms with van der Waals surface area (Å²) in [4.78, 5) is 32.0. The molecule has 158 valence electrons. The predicted octanol–water partition coefficient (Wildman–Crippen LogP) is 3.97. The fourth-order valence-electron chi connectivity index (χ4n) is 3.97. The molecule has 0 saturated heterocycles. The third-order valence-electron chi connectivity index (χ3n) is 5.75. The van der Waals surface area contributed by atoms with Crippen molar-refractivity contribution in [3.05, 3.63) is 57.3 Å². The Hall–Kier alpha value is -2.54. The van der Waals surface area contributed by atoms with E-state index in [1.54, 1.807) is 0 Å². The lowest BCUT2D eigenvalue weighted by Gasteiger charge is -2.37. The van der Waals surface area contributed by atoms with Gasteiger partial charge < -0.3 is 15.0 Å². The number of hydrogen-bond acceptors (Lipinski definition) is 6. The van der Waals surface area contributed by atoms with Gasteiger partial charge in [-0.05, 0) is 56.1 Å². The van der Waals surface area contributed by atoms with E-state index in [2.05, 4.69) is 22.4 Å². The second-order valence-electron chi connectivity index (χ2n) is 8.17. The molecule has 6 nitrogen and oxygen atoms in total. The lowest BCUT2D eigenvalue weighted by Crippen LogP contribution is -2.38. The van der Waals surface area contributed by atoms with Crippen molar-refractivity contribution in [1.82, 2.24) is 10.2 Å². The predicted molar refractivity (Wildman–Crippen MR) is 119 cm³/mol. The highest BCUT2D eigenvalue weighted by molar-refractivity contribution is 8.16. The van der Waals surface area contributed by atoms with Crippen molar-refractivity contribution in [2.45, 2.75) is 46.1 Å². The van der Waals surface area contributed by atoms with Crippen molar-refractivity contribution in [3.8, 4) is 0 Å². The van der Waals surface area contributed by atoms with Crippen LogP contribution in [0.3, 0.4) is 0 Å². The molecule has 30 heavy (non-hydrogen) atoms. The van der Waals surface area contributed by atoms with Crippen LogP contribution in [-0.4, -0.2) is 35.6 Å². The van der Waals surface area contributed by atoms with E-state index in [1.165, 1.54) is 31.7 Å². The van der Waals surface area contributed by atoms with E-state index in [4.69, 9.17) is 4.74 Å². The number of nitrogens with zero attached hydrogens (tertiary/aromatic N) is 2. The van der Waals surface area contributed by atoms with Gasteiger partial charge in [0.2, 0.25) is 5.91 Å². The van der Waals surface area contributed by atoms with Crippen LogP contribution in [0.25, 0.3) is 0 Å². The Morgan fingerprint density at radius 2 is 2.03 bits per heavy atom. The first-order chi connectivity index (χ1) is 14.4. The van der Waals surface area contributed by atoms with Gasteiger partial charge >= 0.3 is 5.97 Å². The van der Waals surface area contributed by atoms with E-state index in [0.717, 1.165) is 34.1 Å². The van der Waals surface area contributed by atoms with Crippen LogP contribution in [0.4, 0.5) is 0 Å². The number of methoxy groups -OCH3 is 1. The first-order valence-corrected chi connectivity index (χ1v) is 11.1. The van der Waals surface area contributed by atoms with E-state index < -0.39 is 5.97 Å². The lowest BCUT2D eigenvalue weighted by atomic mass is 9.90. The molecule has 0 spiro atoms. The smallest absolute Gasteiger partial charge is 0.338 e. The molecule has 1 atom stereocenters. The van der Waals surface area contributed by atoms with Crippen LogP contribution >= 0.6 is 11.8 Å². The molecule has 1 amide bonds. The first-order valence-electron chi connectivity index (χ1n) is 10.3. The number of ether oxygens (including phenoxy) is 1. The number of nitrogens with one attached hydrogen (secondary N) is 1. The number of hydrogen-bond donors (Lipinski definition) is 1. The molecule has 7 heteroatoms. The molecule has 1 aromatic rings. The summed E-state index contributed by atoms with van der Waals surface area (Å²) in [6.07, 6.45) is 2.65. The van der Waals surface area contributed by atoms with Crippen LogP contribution in [-0.2, 0) is 14.3 Å². The van der Waals surface area contributed by atoms with Crippen LogP contribution in [0.5, 0.6) is 0 Å². The Morgan fingerprint density at radius 1 is 1.27 bits per heavy atom. The summed E-state index contributed by atoms with van der Waals surface area (Å²) in [5, 5.41) is 5.79.